The van der Waals surface area contributed by atoms with E-state index in [2.05, 4.69) is 12.6 Å². The third kappa shape index (κ3) is 3.06. The van der Waals surface area contributed by atoms with Crippen LogP contribution < -0.4 is 5.73 Å². The largest absolute Gasteiger partial charge is 0.416 e. The van der Waals surface area contributed by atoms with Crippen molar-refractivity contribution in [1.82, 2.24) is 0 Å². The molecule has 0 bridgehead atoms. The first-order valence-electron chi connectivity index (χ1n) is 4.81. The van der Waals surface area contributed by atoms with Crippen molar-refractivity contribution >= 4 is 18.3 Å². The van der Waals surface area contributed by atoms with Crippen LogP contribution in [0.3, 0.4) is 0 Å². The lowest BCUT2D eigenvalue weighted by Crippen LogP contribution is -2.23. The zero-order valence-corrected chi connectivity index (χ0v) is 9.84. The molecule has 0 fully saturated rings. The predicted octanol–water partition coefficient (Wildman–Crippen LogP) is 1.75. The molecule has 0 spiro atoms. The molecule has 0 saturated heterocycles. The molecule has 0 amide bonds. The van der Waals surface area contributed by atoms with E-state index in [1.165, 1.54) is 0 Å². The van der Waals surface area contributed by atoms with Crippen LogP contribution in [0.5, 0.6) is 0 Å². The molecule has 8 heteroatoms. The molecule has 0 aliphatic carbocycles. The molecule has 2 atom stereocenters. The van der Waals surface area contributed by atoms with Crippen LogP contribution in [0.1, 0.15) is 17.2 Å². The number of nitrogens with two attached hydrogens (primary N) is 1. The van der Waals surface area contributed by atoms with Crippen LogP contribution in [0.2, 0.25) is 0 Å². The highest BCUT2D eigenvalue weighted by Gasteiger charge is 2.37. The summed E-state index contributed by atoms with van der Waals surface area (Å²) in [7, 11) is 0. The summed E-state index contributed by atoms with van der Waals surface area (Å²) in [6, 6.07) is 0.856. The van der Waals surface area contributed by atoms with Crippen LogP contribution in [0, 0.1) is 5.82 Å². The topological polar surface area (TPSA) is 66.5 Å². The number of hydrogen-bond acceptors (Lipinski definition) is 4. The van der Waals surface area contributed by atoms with Crippen molar-refractivity contribution in [3.8, 4) is 0 Å². The highest BCUT2D eigenvalue weighted by atomic mass is 32.1. The third-order valence-corrected chi connectivity index (χ3v) is 2.72. The van der Waals surface area contributed by atoms with Gasteiger partial charge in [-0.1, -0.05) is 0 Å². The van der Waals surface area contributed by atoms with Crippen LogP contribution in [0.4, 0.5) is 23.2 Å². The van der Waals surface area contributed by atoms with Gasteiger partial charge >= 0.3 is 6.18 Å². The number of aliphatic hydroxyl groups excluding tert-OH is 2. The van der Waals surface area contributed by atoms with Gasteiger partial charge in [0.05, 0.1) is 17.4 Å². The molecule has 102 valence electrons. The summed E-state index contributed by atoms with van der Waals surface area (Å²) in [6.45, 7) is 0. The number of benzene rings is 1. The first-order valence-corrected chi connectivity index (χ1v) is 5.44. The molecule has 18 heavy (non-hydrogen) atoms. The number of thiol groups is 1. The number of hydrogen-bond donors (Lipinski definition) is 4. The summed E-state index contributed by atoms with van der Waals surface area (Å²) in [5.41, 5.74) is 2.33. The lowest BCUT2D eigenvalue weighted by atomic mass is 9.98. The quantitative estimate of drug-likeness (QED) is 0.388. The fourth-order valence-electron chi connectivity index (χ4n) is 1.40. The molecule has 4 N–H and O–H groups in total. The maximum Gasteiger partial charge on any atom is 0.416 e. The molecule has 0 saturated carbocycles. The number of rotatable bonds is 3. The van der Waals surface area contributed by atoms with Gasteiger partial charge in [0, 0.05) is 5.75 Å². The predicted molar refractivity (Wildman–Crippen MR) is 60.6 cm³/mol. The molecule has 0 radical (unpaired) electrons. The Bertz CT molecular complexity index is 439. The Kier molecular flexibility index (Phi) is 4.46. The van der Waals surface area contributed by atoms with Gasteiger partial charge in [-0.15, -0.1) is 0 Å². The second kappa shape index (κ2) is 5.33. The highest BCUT2D eigenvalue weighted by molar-refractivity contribution is 7.80. The van der Waals surface area contributed by atoms with Crippen LogP contribution in [-0.2, 0) is 6.18 Å². The van der Waals surface area contributed by atoms with Gasteiger partial charge in [0.25, 0.3) is 0 Å². The maximum atomic E-state index is 13.2. The fourth-order valence-corrected chi connectivity index (χ4v) is 1.60. The first-order chi connectivity index (χ1) is 8.18. The third-order valence-electron chi connectivity index (χ3n) is 2.34. The van der Waals surface area contributed by atoms with Crippen LogP contribution in [0.25, 0.3) is 0 Å². The molecule has 1 aromatic carbocycles. The van der Waals surface area contributed by atoms with Gasteiger partial charge < -0.3 is 15.9 Å². The van der Waals surface area contributed by atoms with Crippen molar-refractivity contribution in [2.45, 2.75) is 18.4 Å². The van der Waals surface area contributed by atoms with E-state index < -0.39 is 41.0 Å². The van der Waals surface area contributed by atoms with Crippen molar-refractivity contribution in [2.24, 2.45) is 0 Å². The molecule has 0 aliphatic rings. The van der Waals surface area contributed by atoms with Gasteiger partial charge in [0.1, 0.15) is 11.9 Å². The molecule has 0 heterocycles. The van der Waals surface area contributed by atoms with Crippen molar-refractivity contribution in [1.29, 1.82) is 0 Å². The van der Waals surface area contributed by atoms with Crippen molar-refractivity contribution in [3.63, 3.8) is 0 Å². The molecule has 1 aromatic rings. The van der Waals surface area contributed by atoms with E-state index in [1.807, 2.05) is 0 Å². The maximum absolute atomic E-state index is 13.2. The average Bonchev–Trinajstić information content (AvgIpc) is 2.28. The minimum Gasteiger partial charge on any atom is -0.396 e. The first kappa shape index (κ1) is 15.1. The van der Waals surface area contributed by atoms with Crippen LogP contribution >= 0.6 is 12.6 Å². The van der Waals surface area contributed by atoms with Crippen molar-refractivity contribution in [2.75, 3.05) is 11.5 Å². The highest BCUT2D eigenvalue weighted by Crippen LogP contribution is 2.37. The summed E-state index contributed by atoms with van der Waals surface area (Å²) in [5, 5.41) is 18.8. The second-order valence-electron chi connectivity index (χ2n) is 3.65. The standard InChI is InChI=1S/C10H11F4NO2S/c11-6-1-4(9(17)8(16)3-18)5(2-7(6)15)10(12,13)14/h1-2,8-9,16-18H,3,15H2. The minimum absolute atomic E-state index is 0.273. The van der Waals surface area contributed by atoms with E-state index in [0.29, 0.717) is 12.1 Å². The zero-order chi connectivity index (χ0) is 14.1. The Morgan fingerprint density at radius 1 is 1.28 bits per heavy atom. The zero-order valence-electron chi connectivity index (χ0n) is 8.95. The van der Waals surface area contributed by atoms with Crippen molar-refractivity contribution in [3.05, 3.63) is 29.1 Å². The second-order valence-corrected chi connectivity index (χ2v) is 4.02. The molecule has 0 aliphatic heterocycles. The summed E-state index contributed by atoms with van der Waals surface area (Å²) >= 11 is 3.65. The lowest BCUT2D eigenvalue weighted by molar-refractivity contribution is -0.139. The SMILES string of the molecule is Nc1cc(C(F)(F)F)c(C(O)C(O)CS)cc1F. The average molecular weight is 285 g/mol. The minimum atomic E-state index is -4.81. The molecule has 3 nitrogen and oxygen atoms in total. The van der Waals surface area contributed by atoms with Gasteiger partial charge in [0.15, 0.2) is 0 Å². The van der Waals surface area contributed by atoms with Gasteiger partial charge in [0.2, 0.25) is 0 Å². The summed E-state index contributed by atoms with van der Waals surface area (Å²) in [4.78, 5) is 0. The number of nitrogen functional groups attached to an aromatic ring is 1. The summed E-state index contributed by atoms with van der Waals surface area (Å²) < 4.78 is 51.3. The van der Waals surface area contributed by atoms with E-state index in [1.54, 1.807) is 0 Å². The molecular formula is C10H11F4NO2S. The smallest absolute Gasteiger partial charge is 0.396 e. The molecule has 1 rings (SSSR count). The van der Waals surface area contributed by atoms with E-state index in [9.17, 15) is 27.8 Å². The monoisotopic (exact) mass is 285 g/mol. The summed E-state index contributed by atoms with van der Waals surface area (Å²) in [6.07, 6.45) is -8.25. The van der Waals surface area contributed by atoms with Gasteiger partial charge in [-0.25, -0.2) is 4.39 Å². The molecular weight excluding hydrogens is 274 g/mol. The Labute approximate surface area is 106 Å². The Hall–Kier alpha value is -0.990. The van der Waals surface area contributed by atoms with E-state index in [-0.39, 0.29) is 5.75 Å². The van der Waals surface area contributed by atoms with E-state index in [0.717, 1.165) is 0 Å². The summed E-state index contributed by atoms with van der Waals surface area (Å²) in [5.74, 6) is -1.37. The molecule has 2 unspecified atom stereocenters. The van der Waals surface area contributed by atoms with E-state index >= 15 is 0 Å². The van der Waals surface area contributed by atoms with Crippen LogP contribution in [0.15, 0.2) is 12.1 Å². The van der Waals surface area contributed by atoms with Gasteiger partial charge in [-0.05, 0) is 17.7 Å². The van der Waals surface area contributed by atoms with Gasteiger partial charge in [-0.2, -0.15) is 25.8 Å². The Balaban J connectivity index is 3.37. The fraction of sp³-hybridized carbons (Fsp3) is 0.400. The number of alkyl halides is 3. The Morgan fingerprint density at radius 3 is 2.28 bits per heavy atom. The van der Waals surface area contributed by atoms with E-state index in [4.69, 9.17) is 5.73 Å². The lowest BCUT2D eigenvalue weighted by Gasteiger charge is -2.21. The van der Waals surface area contributed by atoms with Crippen molar-refractivity contribution < 1.29 is 27.8 Å². The van der Waals surface area contributed by atoms with Crippen LogP contribution in [-0.4, -0.2) is 22.1 Å². The number of anilines is 1. The number of halogens is 4. The molecule has 0 aromatic heterocycles. The normalized spacial score (nSPS) is 15.5. The Morgan fingerprint density at radius 2 is 1.83 bits per heavy atom. The number of aliphatic hydroxyl groups is 2. The van der Waals surface area contributed by atoms with Gasteiger partial charge in [-0.3, -0.25) is 0 Å².